The first kappa shape index (κ1) is 7.94. The quantitative estimate of drug-likeness (QED) is 0.580. The summed E-state index contributed by atoms with van der Waals surface area (Å²) >= 11 is 0. The van der Waals surface area contributed by atoms with Crippen molar-refractivity contribution in [1.82, 2.24) is 0 Å². The largest absolute Gasteiger partial charge is 2.00 e. The second-order valence-electron chi connectivity index (χ2n) is 1.37. The predicted molar refractivity (Wildman–Crippen MR) is 30.4 cm³/mol. The third-order valence-electron chi connectivity index (χ3n) is 0.774. The van der Waals surface area contributed by atoms with Crippen LogP contribution in [0.15, 0.2) is 30.3 Å². The minimum Gasteiger partial charge on any atom is -0.699 e. The summed E-state index contributed by atoms with van der Waals surface area (Å²) in [4.78, 5) is 0. The van der Waals surface area contributed by atoms with Crippen molar-refractivity contribution in [2.45, 2.75) is 0 Å². The molecule has 0 spiro atoms. The van der Waals surface area contributed by atoms with E-state index in [1.165, 1.54) is 0 Å². The Hall–Kier alpha value is -0.0579. The predicted octanol–water partition coefficient (Wildman–Crippen LogP) is 2.37. The minimum atomic E-state index is 0. The molecule has 0 saturated heterocycles. The van der Waals surface area contributed by atoms with Gasteiger partial charge in [0.05, 0.1) is 0 Å². The molecule has 36 valence electrons. The van der Waals surface area contributed by atoms with Gasteiger partial charge in [-0.15, -0.1) is 5.69 Å². The Morgan fingerprint density at radius 2 is 1.50 bits per heavy atom. The van der Waals surface area contributed by atoms with Gasteiger partial charge in [-0.3, -0.25) is 0 Å². The molecule has 0 unspecified atom stereocenters. The van der Waals surface area contributed by atoms with E-state index in [0.29, 0.717) is 5.69 Å². The molecule has 0 amide bonds. The summed E-state index contributed by atoms with van der Waals surface area (Å²) in [7, 11) is 0. The molecule has 0 radical (unpaired) electrons. The molecule has 0 bridgehead atoms. The van der Waals surface area contributed by atoms with E-state index < -0.39 is 0 Å². The molecular weight excluding hydrogens is 198 g/mol. The molecule has 1 rings (SSSR count). The molecule has 2 heteroatoms. The van der Waals surface area contributed by atoms with Crippen LogP contribution in [0.3, 0.4) is 0 Å². The van der Waals surface area contributed by atoms with Crippen molar-refractivity contribution in [3.63, 3.8) is 0 Å². The van der Waals surface area contributed by atoms with Gasteiger partial charge in [0.1, 0.15) is 0 Å². The van der Waals surface area contributed by atoms with Crippen molar-refractivity contribution in [2.24, 2.45) is 0 Å². The van der Waals surface area contributed by atoms with Gasteiger partial charge < -0.3 is 5.73 Å². The van der Waals surface area contributed by atoms with Gasteiger partial charge in [0, 0.05) is 0 Å². The van der Waals surface area contributed by atoms with Crippen LogP contribution in [0.25, 0.3) is 5.73 Å². The average molecular weight is 205 g/mol. The molecule has 0 atom stereocenters. The Bertz CT molecular complexity index is 138. The summed E-state index contributed by atoms with van der Waals surface area (Å²) in [5.41, 5.74) is 7.57. The summed E-state index contributed by atoms with van der Waals surface area (Å²) in [6, 6.07) is 9.10. The van der Waals surface area contributed by atoms with Gasteiger partial charge in [0.15, 0.2) is 0 Å². The van der Waals surface area contributed by atoms with E-state index in [2.05, 4.69) is 0 Å². The molecule has 0 aliphatic rings. The van der Waals surface area contributed by atoms with E-state index >= 15 is 0 Å². The smallest absolute Gasteiger partial charge is 0.699 e. The van der Waals surface area contributed by atoms with Gasteiger partial charge in [-0.2, -0.15) is 0 Å². The van der Waals surface area contributed by atoms with Gasteiger partial charge in [0.2, 0.25) is 0 Å². The van der Waals surface area contributed by atoms with Crippen molar-refractivity contribution in [2.75, 3.05) is 0 Å². The first-order valence-corrected chi connectivity index (χ1v) is 2.16. The Morgan fingerprint density at radius 3 is 1.75 bits per heavy atom. The van der Waals surface area contributed by atoms with E-state index in [9.17, 15) is 0 Å². The number of benzene rings is 1. The van der Waals surface area contributed by atoms with Crippen LogP contribution >= 0.6 is 0 Å². The molecule has 8 heavy (non-hydrogen) atoms. The monoisotopic (exact) mass is 206 g/mol. The summed E-state index contributed by atoms with van der Waals surface area (Å²) in [6.45, 7) is 0. The van der Waals surface area contributed by atoms with E-state index in [0.717, 1.165) is 0 Å². The number of rotatable bonds is 0. The fraction of sp³-hybridized carbons (Fsp3) is 0. The van der Waals surface area contributed by atoms with Crippen molar-refractivity contribution in [3.05, 3.63) is 36.1 Å². The fourth-order valence-corrected chi connectivity index (χ4v) is 0.438. The zero-order valence-corrected chi connectivity index (χ0v) is 8.63. The first-order valence-electron chi connectivity index (χ1n) is 2.16. The Morgan fingerprint density at radius 1 is 1.00 bits per heavy atom. The van der Waals surface area contributed by atoms with Crippen molar-refractivity contribution >= 4 is 5.69 Å². The van der Waals surface area contributed by atoms with Gasteiger partial charge in [-0.1, -0.05) is 30.3 Å². The minimum absolute atomic E-state index is 0. The fourth-order valence-electron chi connectivity index (χ4n) is 0.438. The third kappa shape index (κ3) is 2.30. The molecule has 0 heterocycles. The van der Waals surface area contributed by atoms with Crippen LogP contribution in [0.4, 0.5) is 5.69 Å². The molecule has 1 aromatic rings. The second-order valence-corrected chi connectivity index (χ2v) is 1.37. The number of nitrogens with one attached hydrogen (secondary N) is 1. The molecule has 0 saturated carbocycles. The van der Waals surface area contributed by atoms with Crippen LogP contribution in [0.2, 0.25) is 0 Å². The first-order chi connectivity index (χ1) is 3.39. The zero-order chi connectivity index (χ0) is 5.11. The summed E-state index contributed by atoms with van der Waals surface area (Å²) in [5, 5.41) is 0. The summed E-state index contributed by atoms with van der Waals surface area (Å²) in [5.74, 6) is 0. The van der Waals surface area contributed by atoms with Crippen LogP contribution in [0.1, 0.15) is 0 Å². The van der Waals surface area contributed by atoms with Gasteiger partial charge in [-0.05, 0) is 0 Å². The number of hydrogen-bond acceptors (Lipinski definition) is 0. The van der Waals surface area contributed by atoms with E-state index in [4.69, 9.17) is 5.73 Å². The molecular formula is C6H6CdN+. The Kier molecular flexibility index (Phi) is 3.86. The van der Waals surface area contributed by atoms with Crippen molar-refractivity contribution < 1.29 is 27.3 Å². The van der Waals surface area contributed by atoms with E-state index in [-0.39, 0.29) is 27.3 Å². The van der Waals surface area contributed by atoms with Gasteiger partial charge in [0.25, 0.3) is 0 Å². The molecule has 1 aromatic carbocycles. The van der Waals surface area contributed by atoms with Crippen molar-refractivity contribution in [1.29, 1.82) is 0 Å². The molecule has 0 aliphatic carbocycles. The zero-order valence-electron chi connectivity index (χ0n) is 4.59. The van der Waals surface area contributed by atoms with Crippen LogP contribution in [-0.4, -0.2) is 0 Å². The topological polar surface area (TPSA) is 23.8 Å². The van der Waals surface area contributed by atoms with Crippen LogP contribution < -0.4 is 0 Å². The summed E-state index contributed by atoms with van der Waals surface area (Å²) in [6.07, 6.45) is 0. The maximum Gasteiger partial charge on any atom is 2.00 e. The SMILES string of the molecule is [Cd+2].[NH-]c1ccccc1. The van der Waals surface area contributed by atoms with Crippen molar-refractivity contribution in [3.8, 4) is 0 Å². The maximum atomic E-state index is 7.00. The maximum absolute atomic E-state index is 7.00. The van der Waals surface area contributed by atoms with E-state index in [1.54, 1.807) is 12.1 Å². The van der Waals surface area contributed by atoms with Crippen LogP contribution in [0, 0.1) is 0 Å². The molecule has 0 aliphatic heterocycles. The number of hydrogen-bond donors (Lipinski definition) is 0. The van der Waals surface area contributed by atoms with Gasteiger partial charge in [-0.25, -0.2) is 0 Å². The molecule has 0 fully saturated rings. The molecule has 1 nitrogen and oxygen atoms in total. The van der Waals surface area contributed by atoms with E-state index in [1.807, 2.05) is 18.2 Å². The van der Waals surface area contributed by atoms with Gasteiger partial charge >= 0.3 is 27.3 Å². The standard InChI is InChI=1S/C6H6N.Cd/c7-6-4-2-1-3-5-6;/h1-5,7H;/q-1;+2. The normalized spacial score (nSPS) is 7.50. The summed E-state index contributed by atoms with van der Waals surface area (Å²) < 4.78 is 0. The Balaban J connectivity index is 0.000000490. The van der Waals surface area contributed by atoms with Crippen LogP contribution in [-0.2, 0) is 27.3 Å². The third-order valence-corrected chi connectivity index (χ3v) is 0.774. The van der Waals surface area contributed by atoms with Crippen LogP contribution in [0.5, 0.6) is 0 Å². The molecule has 0 aromatic heterocycles. The Labute approximate surface area is 69.1 Å². The average Bonchev–Trinajstić information content (AvgIpc) is 1.69. The molecule has 1 N–H and O–H groups in total. The second kappa shape index (κ2) is 3.89.